The van der Waals surface area contributed by atoms with Crippen LogP contribution < -0.4 is 20.1 Å². The Morgan fingerprint density at radius 1 is 0.968 bits per heavy atom. The number of guanidine groups is 1. The lowest BCUT2D eigenvalue weighted by molar-refractivity contribution is 0.0341. The topological polar surface area (TPSA) is 67.4 Å². The Morgan fingerprint density at radius 2 is 1.71 bits per heavy atom. The molecule has 0 aliphatic carbocycles. The molecule has 0 amide bonds. The van der Waals surface area contributed by atoms with E-state index in [2.05, 4.69) is 46.7 Å². The first kappa shape index (κ1) is 22.9. The van der Waals surface area contributed by atoms with Crippen molar-refractivity contribution in [2.75, 3.05) is 47.1 Å². The number of nitrogens with zero attached hydrogens (tertiary/aromatic N) is 2. The van der Waals surface area contributed by atoms with Crippen molar-refractivity contribution in [3.8, 4) is 11.5 Å². The first-order valence-corrected chi connectivity index (χ1v) is 10.8. The second kappa shape index (κ2) is 12.2. The minimum absolute atomic E-state index is 0.491. The van der Waals surface area contributed by atoms with Crippen molar-refractivity contribution >= 4 is 5.96 Å². The molecule has 168 valence electrons. The number of benzene rings is 2. The maximum absolute atomic E-state index is 5.53. The lowest BCUT2D eigenvalue weighted by atomic mass is 10.1. The molecule has 2 aromatic rings. The Kier molecular flexibility index (Phi) is 8.99. The molecule has 0 spiro atoms. The fraction of sp³-hybridized carbons (Fsp3) is 0.458. The van der Waals surface area contributed by atoms with Crippen LogP contribution in [0.2, 0.25) is 0 Å². The monoisotopic (exact) mass is 426 g/mol. The van der Waals surface area contributed by atoms with Crippen molar-refractivity contribution in [1.29, 1.82) is 0 Å². The Balaban J connectivity index is 1.67. The van der Waals surface area contributed by atoms with Gasteiger partial charge in [-0.05, 0) is 24.1 Å². The van der Waals surface area contributed by atoms with Gasteiger partial charge in [0.15, 0.2) is 17.5 Å². The molecule has 0 unspecified atom stereocenters. The first-order chi connectivity index (χ1) is 15.2. The second-order valence-corrected chi connectivity index (χ2v) is 7.36. The highest BCUT2D eigenvalue weighted by Gasteiger charge is 2.13. The molecule has 0 atom stereocenters. The molecule has 7 heteroatoms. The van der Waals surface area contributed by atoms with Crippen LogP contribution in [0.4, 0.5) is 0 Å². The maximum Gasteiger partial charge on any atom is 0.191 e. The third-order valence-electron chi connectivity index (χ3n) is 5.30. The van der Waals surface area contributed by atoms with Crippen LogP contribution in [-0.4, -0.2) is 57.9 Å². The molecule has 0 radical (unpaired) electrons. The molecule has 7 nitrogen and oxygen atoms in total. The van der Waals surface area contributed by atoms with Crippen LogP contribution >= 0.6 is 0 Å². The molecular weight excluding hydrogens is 392 g/mol. The molecule has 2 aromatic carbocycles. The standard InChI is InChI=1S/C24H34N4O3/c1-4-25-24(27-17-20-10-7-11-22(29-2)23(20)30-3)26-16-19-8-5-6-9-21(19)18-28-12-14-31-15-13-28/h5-11H,4,12-18H2,1-3H3,(H2,25,26,27). The smallest absolute Gasteiger partial charge is 0.191 e. The fourth-order valence-electron chi connectivity index (χ4n) is 3.65. The van der Waals surface area contributed by atoms with Crippen molar-refractivity contribution in [1.82, 2.24) is 15.5 Å². The quantitative estimate of drug-likeness (QED) is 0.475. The van der Waals surface area contributed by atoms with Gasteiger partial charge in [0, 0.05) is 38.3 Å². The van der Waals surface area contributed by atoms with E-state index < -0.39 is 0 Å². The largest absolute Gasteiger partial charge is 0.493 e. The Morgan fingerprint density at radius 3 is 2.42 bits per heavy atom. The molecule has 1 aliphatic rings. The SMILES string of the molecule is CCNC(=NCc1cccc(OC)c1OC)NCc1ccccc1CN1CCOCC1. The third-order valence-corrected chi connectivity index (χ3v) is 5.30. The van der Waals surface area contributed by atoms with Crippen LogP contribution in [0.5, 0.6) is 11.5 Å². The van der Waals surface area contributed by atoms with Gasteiger partial charge < -0.3 is 24.8 Å². The average Bonchev–Trinajstić information content (AvgIpc) is 2.82. The highest BCUT2D eigenvalue weighted by molar-refractivity contribution is 5.79. The summed E-state index contributed by atoms with van der Waals surface area (Å²) in [5.41, 5.74) is 3.59. The zero-order valence-corrected chi connectivity index (χ0v) is 18.8. The van der Waals surface area contributed by atoms with Crippen LogP contribution in [0, 0.1) is 0 Å². The summed E-state index contributed by atoms with van der Waals surface area (Å²) < 4.78 is 16.4. The van der Waals surface area contributed by atoms with E-state index >= 15 is 0 Å². The van der Waals surface area contributed by atoms with E-state index in [0.29, 0.717) is 18.8 Å². The summed E-state index contributed by atoms with van der Waals surface area (Å²) in [6, 6.07) is 14.4. The minimum Gasteiger partial charge on any atom is -0.493 e. The summed E-state index contributed by atoms with van der Waals surface area (Å²) >= 11 is 0. The van der Waals surface area contributed by atoms with Gasteiger partial charge in [0.05, 0.1) is 34.0 Å². The normalized spacial score (nSPS) is 14.9. The van der Waals surface area contributed by atoms with E-state index in [0.717, 1.165) is 56.7 Å². The number of rotatable bonds is 9. The molecular formula is C24H34N4O3. The molecule has 0 saturated carbocycles. The summed E-state index contributed by atoms with van der Waals surface area (Å²) in [4.78, 5) is 7.20. The number of para-hydroxylation sites is 1. The second-order valence-electron chi connectivity index (χ2n) is 7.36. The van der Waals surface area contributed by atoms with E-state index in [9.17, 15) is 0 Å². The zero-order valence-electron chi connectivity index (χ0n) is 18.8. The number of ether oxygens (including phenoxy) is 3. The van der Waals surface area contributed by atoms with E-state index in [-0.39, 0.29) is 0 Å². The van der Waals surface area contributed by atoms with Gasteiger partial charge in [-0.3, -0.25) is 4.90 Å². The van der Waals surface area contributed by atoms with Crippen molar-refractivity contribution in [3.05, 3.63) is 59.2 Å². The lowest BCUT2D eigenvalue weighted by Crippen LogP contribution is -2.38. The highest BCUT2D eigenvalue weighted by Crippen LogP contribution is 2.31. The van der Waals surface area contributed by atoms with Crippen LogP contribution in [0.3, 0.4) is 0 Å². The van der Waals surface area contributed by atoms with Crippen molar-refractivity contribution in [3.63, 3.8) is 0 Å². The predicted octanol–water partition coefficient (Wildman–Crippen LogP) is 2.79. The average molecular weight is 427 g/mol. The first-order valence-electron chi connectivity index (χ1n) is 10.8. The fourth-order valence-corrected chi connectivity index (χ4v) is 3.65. The van der Waals surface area contributed by atoms with Gasteiger partial charge in [-0.25, -0.2) is 4.99 Å². The molecule has 31 heavy (non-hydrogen) atoms. The van der Waals surface area contributed by atoms with E-state index in [4.69, 9.17) is 19.2 Å². The molecule has 1 saturated heterocycles. The molecule has 1 fully saturated rings. The van der Waals surface area contributed by atoms with E-state index in [1.807, 2.05) is 18.2 Å². The number of methoxy groups -OCH3 is 2. The summed E-state index contributed by atoms with van der Waals surface area (Å²) in [6.07, 6.45) is 0. The number of hydrogen-bond acceptors (Lipinski definition) is 5. The third kappa shape index (κ3) is 6.60. The van der Waals surface area contributed by atoms with Gasteiger partial charge in [0.25, 0.3) is 0 Å². The number of hydrogen-bond donors (Lipinski definition) is 2. The maximum atomic E-state index is 5.53. The van der Waals surface area contributed by atoms with Gasteiger partial charge in [-0.1, -0.05) is 36.4 Å². The van der Waals surface area contributed by atoms with Crippen molar-refractivity contribution < 1.29 is 14.2 Å². The molecule has 0 aromatic heterocycles. The molecule has 1 aliphatic heterocycles. The molecule has 0 bridgehead atoms. The number of nitrogens with one attached hydrogen (secondary N) is 2. The number of morpholine rings is 1. The van der Waals surface area contributed by atoms with Gasteiger partial charge in [0.2, 0.25) is 0 Å². The predicted molar refractivity (Wildman–Crippen MR) is 124 cm³/mol. The van der Waals surface area contributed by atoms with Gasteiger partial charge >= 0.3 is 0 Å². The van der Waals surface area contributed by atoms with Gasteiger partial charge in [0.1, 0.15) is 0 Å². The van der Waals surface area contributed by atoms with Crippen LogP contribution in [0.25, 0.3) is 0 Å². The van der Waals surface area contributed by atoms with Crippen LogP contribution in [0.1, 0.15) is 23.6 Å². The summed E-state index contributed by atoms with van der Waals surface area (Å²) in [6.45, 7) is 8.58. The van der Waals surface area contributed by atoms with E-state index in [1.165, 1.54) is 11.1 Å². The minimum atomic E-state index is 0.491. The van der Waals surface area contributed by atoms with Crippen LogP contribution in [-0.2, 0) is 24.4 Å². The molecule has 3 rings (SSSR count). The van der Waals surface area contributed by atoms with Crippen molar-refractivity contribution in [2.24, 2.45) is 4.99 Å². The lowest BCUT2D eigenvalue weighted by Gasteiger charge is -2.27. The Hall–Kier alpha value is -2.77. The summed E-state index contributed by atoms with van der Waals surface area (Å²) in [5.74, 6) is 2.21. The summed E-state index contributed by atoms with van der Waals surface area (Å²) in [7, 11) is 3.30. The summed E-state index contributed by atoms with van der Waals surface area (Å²) in [5, 5.41) is 6.80. The highest BCUT2D eigenvalue weighted by atomic mass is 16.5. The Bertz CT molecular complexity index is 850. The Labute approximate surface area is 185 Å². The van der Waals surface area contributed by atoms with Crippen molar-refractivity contribution in [2.45, 2.75) is 26.6 Å². The zero-order chi connectivity index (χ0) is 21.9. The van der Waals surface area contributed by atoms with Crippen LogP contribution in [0.15, 0.2) is 47.5 Å². The van der Waals surface area contributed by atoms with Gasteiger partial charge in [-0.15, -0.1) is 0 Å². The van der Waals surface area contributed by atoms with E-state index in [1.54, 1.807) is 14.2 Å². The molecule has 1 heterocycles. The molecule has 2 N–H and O–H groups in total. The number of aliphatic imine (C=N–C) groups is 1. The van der Waals surface area contributed by atoms with Gasteiger partial charge in [-0.2, -0.15) is 0 Å².